The van der Waals surface area contributed by atoms with Gasteiger partial charge < -0.3 is 0 Å². The summed E-state index contributed by atoms with van der Waals surface area (Å²) in [6, 6.07) is 6.54. The molecule has 98 valence electrons. The van der Waals surface area contributed by atoms with Crippen LogP contribution in [0.15, 0.2) is 35.7 Å². The van der Waals surface area contributed by atoms with Gasteiger partial charge in [-0.2, -0.15) is 12.6 Å². The number of benzene rings is 1. The highest BCUT2D eigenvalue weighted by atomic mass is 32.1. The molecule has 2 rings (SSSR count). The summed E-state index contributed by atoms with van der Waals surface area (Å²) in [7, 11) is 0. The third-order valence-corrected chi connectivity index (χ3v) is 5.18. The summed E-state index contributed by atoms with van der Waals surface area (Å²) in [5.41, 5.74) is 2.86. The number of allylic oxidation sites excluding steroid dienone is 1. The lowest BCUT2D eigenvalue weighted by atomic mass is 9.71. The van der Waals surface area contributed by atoms with Gasteiger partial charge in [-0.05, 0) is 54.9 Å². The van der Waals surface area contributed by atoms with E-state index in [1.807, 2.05) is 6.08 Å². The van der Waals surface area contributed by atoms with E-state index >= 15 is 0 Å². The van der Waals surface area contributed by atoms with Gasteiger partial charge in [0.25, 0.3) is 0 Å². The van der Waals surface area contributed by atoms with E-state index in [0.29, 0.717) is 5.92 Å². The molecule has 1 aromatic carbocycles. The maximum Gasteiger partial charge on any atom is 0.0412 e. The molecule has 0 saturated carbocycles. The summed E-state index contributed by atoms with van der Waals surface area (Å²) in [5, 5.41) is 0. The van der Waals surface area contributed by atoms with Crippen LogP contribution in [-0.2, 0) is 11.2 Å². The molecule has 0 fully saturated rings. The maximum absolute atomic E-state index is 5.10. The van der Waals surface area contributed by atoms with Crippen LogP contribution in [0, 0.1) is 5.92 Å². The first-order valence-electron chi connectivity index (χ1n) is 6.77. The fourth-order valence-electron chi connectivity index (χ4n) is 3.23. The summed E-state index contributed by atoms with van der Waals surface area (Å²) in [6.45, 7) is 6.14. The van der Waals surface area contributed by atoms with Crippen molar-refractivity contribution in [2.75, 3.05) is 0 Å². The number of fused-ring (bicyclic) bond motifs is 1. The van der Waals surface area contributed by atoms with Crippen LogP contribution in [-0.4, -0.2) is 0 Å². The Hall–Kier alpha value is -0.340. The zero-order valence-electron chi connectivity index (χ0n) is 11.0. The van der Waals surface area contributed by atoms with Crippen LogP contribution < -0.4 is 0 Å². The van der Waals surface area contributed by atoms with Crippen LogP contribution in [0.25, 0.3) is 0 Å². The van der Waals surface area contributed by atoms with Crippen molar-refractivity contribution >= 4 is 25.3 Å². The largest absolute Gasteiger partial charge is 0.167 e. The summed E-state index contributed by atoms with van der Waals surface area (Å²) < 4.78 is 0.0119. The molecule has 1 aliphatic carbocycles. The summed E-state index contributed by atoms with van der Waals surface area (Å²) in [4.78, 5) is 1.06. The lowest BCUT2D eigenvalue weighted by Crippen LogP contribution is -2.34. The van der Waals surface area contributed by atoms with E-state index in [1.165, 1.54) is 24.0 Å². The molecule has 0 heterocycles. The average molecular weight is 278 g/mol. The number of hydrogen-bond acceptors (Lipinski definition) is 2. The normalized spacial score (nSPS) is 26.7. The summed E-state index contributed by atoms with van der Waals surface area (Å²) >= 11 is 9.55. The smallest absolute Gasteiger partial charge is 0.0412 e. The molecule has 0 aliphatic heterocycles. The molecule has 0 spiro atoms. The third-order valence-electron chi connectivity index (χ3n) is 4.08. The molecule has 0 saturated heterocycles. The van der Waals surface area contributed by atoms with Crippen LogP contribution in [0.2, 0.25) is 0 Å². The Morgan fingerprint density at radius 1 is 1.50 bits per heavy atom. The standard InChI is InChI=1S/C16H22S2/c1-3-5-13-7-6-12-11-14(17)8-9-15(12)16(13,18)10-4-2/h3,8-9,11,13,17-18H,1,4-7,10H2,2H3. The highest BCUT2D eigenvalue weighted by Crippen LogP contribution is 2.49. The molecule has 0 nitrogen and oxygen atoms in total. The van der Waals surface area contributed by atoms with E-state index in [1.54, 1.807) is 0 Å². The third kappa shape index (κ3) is 2.50. The molecule has 1 aromatic rings. The highest BCUT2D eigenvalue weighted by molar-refractivity contribution is 7.81. The Kier molecular flexibility index (Phi) is 4.50. The topological polar surface area (TPSA) is 0 Å². The zero-order chi connectivity index (χ0) is 13.2. The Bertz CT molecular complexity index is 439. The van der Waals surface area contributed by atoms with Crippen molar-refractivity contribution in [3.63, 3.8) is 0 Å². The Labute approximate surface area is 122 Å². The Morgan fingerprint density at radius 2 is 2.28 bits per heavy atom. The molecule has 0 radical (unpaired) electrons. The maximum atomic E-state index is 5.10. The second-order valence-corrected chi connectivity index (χ2v) is 6.59. The fraction of sp³-hybridized carbons (Fsp3) is 0.500. The molecule has 0 bridgehead atoms. The molecule has 2 unspecified atom stereocenters. The van der Waals surface area contributed by atoms with E-state index in [4.69, 9.17) is 12.6 Å². The van der Waals surface area contributed by atoms with Crippen LogP contribution in [0.5, 0.6) is 0 Å². The second kappa shape index (κ2) is 5.75. The summed E-state index contributed by atoms with van der Waals surface area (Å²) in [6.07, 6.45) is 7.76. The van der Waals surface area contributed by atoms with E-state index < -0.39 is 0 Å². The van der Waals surface area contributed by atoms with Gasteiger partial charge >= 0.3 is 0 Å². The van der Waals surface area contributed by atoms with Crippen molar-refractivity contribution in [2.45, 2.75) is 48.7 Å². The lowest BCUT2D eigenvalue weighted by Gasteiger charge is -2.42. The predicted octanol–water partition coefficient (Wildman–Crippen LogP) is 5.04. The van der Waals surface area contributed by atoms with E-state index in [-0.39, 0.29) is 4.75 Å². The van der Waals surface area contributed by atoms with Gasteiger partial charge in [0.05, 0.1) is 0 Å². The minimum Gasteiger partial charge on any atom is -0.167 e. The molecular formula is C16H22S2. The lowest BCUT2D eigenvalue weighted by molar-refractivity contribution is 0.322. The van der Waals surface area contributed by atoms with Crippen molar-refractivity contribution in [2.24, 2.45) is 5.92 Å². The second-order valence-electron chi connectivity index (χ2n) is 5.28. The average Bonchev–Trinajstić information content (AvgIpc) is 2.33. The highest BCUT2D eigenvalue weighted by Gasteiger charge is 2.39. The fourth-order valence-corrected chi connectivity index (χ4v) is 4.14. The number of rotatable bonds is 4. The molecule has 1 aliphatic rings. The van der Waals surface area contributed by atoms with Crippen molar-refractivity contribution in [1.29, 1.82) is 0 Å². The van der Waals surface area contributed by atoms with Crippen LogP contribution in [0.1, 0.15) is 43.7 Å². The SMILES string of the molecule is C=CCC1CCc2cc(S)ccc2C1(S)CCC. The van der Waals surface area contributed by atoms with E-state index in [0.717, 1.165) is 24.2 Å². The van der Waals surface area contributed by atoms with E-state index in [2.05, 4.69) is 44.3 Å². The van der Waals surface area contributed by atoms with Gasteiger partial charge in [0, 0.05) is 9.64 Å². The number of thiol groups is 2. The first kappa shape index (κ1) is 14.1. The van der Waals surface area contributed by atoms with Gasteiger partial charge in [-0.1, -0.05) is 25.5 Å². The molecule has 18 heavy (non-hydrogen) atoms. The van der Waals surface area contributed by atoms with Gasteiger partial charge in [-0.3, -0.25) is 0 Å². The van der Waals surface area contributed by atoms with Gasteiger partial charge in [0.1, 0.15) is 0 Å². The van der Waals surface area contributed by atoms with Gasteiger partial charge in [0.2, 0.25) is 0 Å². The minimum absolute atomic E-state index is 0.0119. The van der Waals surface area contributed by atoms with Crippen LogP contribution >= 0.6 is 25.3 Å². The van der Waals surface area contributed by atoms with Crippen molar-refractivity contribution < 1.29 is 0 Å². The van der Waals surface area contributed by atoms with Gasteiger partial charge in [-0.15, -0.1) is 19.2 Å². The monoisotopic (exact) mass is 278 g/mol. The molecular weight excluding hydrogens is 256 g/mol. The van der Waals surface area contributed by atoms with Gasteiger partial charge in [-0.25, -0.2) is 0 Å². The van der Waals surface area contributed by atoms with Crippen LogP contribution in [0.4, 0.5) is 0 Å². The van der Waals surface area contributed by atoms with Crippen molar-refractivity contribution in [1.82, 2.24) is 0 Å². The number of aryl methyl sites for hydroxylation is 1. The Morgan fingerprint density at radius 3 is 2.94 bits per heavy atom. The quantitative estimate of drug-likeness (QED) is 0.559. The predicted molar refractivity (Wildman–Crippen MR) is 85.9 cm³/mol. The minimum atomic E-state index is 0.0119. The molecule has 0 aromatic heterocycles. The van der Waals surface area contributed by atoms with Crippen molar-refractivity contribution in [3.05, 3.63) is 42.0 Å². The summed E-state index contributed by atoms with van der Waals surface area (Å²) in [5.74, 6) is 0.608. The number of hydrogen-bond donors (Lipinski definition) is 2. The van der Waals surface area contributed by atoms with Crippen molar-refractivity contribution in [3.8, 4) is 0 Å². The molecule has 2 heteroatoms. The zero-order valence-corrected chi connectivity index (χ0v) is 12.8. The Balaban J connectivity index is 2.44. The first-order chi connectivity index (χ1) is 8.61. The van der Waals surface area contributed by atoms with Gasteiger partial charge in [0.15, 0.2) is 0 Å². The van der Waals surface area contributed by atoms with E-state index in [9.17, 15) is 0 Å². The molecule has 2 atom stereocenters. The van der Waals surface area contributed by atoms with Crippen LogP contribution in [0.3, 0.4) is 0 Å². The molecule has 0 N–H and O–H groups in total. The molecule has 0 amide bonds. The first-order valence-corrected chi connectivity index (χ1v) is 7.67.